The maximum absolute atomic E-state index is 13.1. The van der Waals surface area contributed by atoms with Crippen molar-refractivity contribution in [1.82, 2.24) is 15.2 Å². The normalized spacial score (nSPS) is 21.3. The third-order valence-electron chi connectivity index (χ3n) is 5.32. The van der Waals surface area contributed by atoms with Gasteiger partial charge in [-0.05, 0) is 49.9 Å². The van der Waals surface area contributed by atoms with Crippen molar-refractivity contribution >= 4 is 11.8 Å². The van der Waals surface area contributed by atoms with Gasteiger partial charge in [-0.2, -0.15) is 0 Å². The van der Waals surface area contributed by atoms with Crippen molar-refractivity contribution in [2.45, 2.75) is 50.4 Å². The number of rotatable bonds is 4. The molecule has 2 fully saturated rings. The van der Waals surface area contributed by atoms with Crippen molar-refractivity contribution in [3.63, 3.8) is 0 Å². The summed E-state index contributed by atoms with van der Waals surface area (Å²) < 4.78 is 11.4. The molecule has 1 aliphatic carbocycles. The standard InChI is InChI=1S/C20H23N3O4/c24-18(22-13-15-7-2-5-11-21-15)16-14-27-20(9-3-1-4-10-20)23(16)19(25)17-8-6-12-26-17/h2,5-8,11-12,16H,1,3-4,9-10,13-14H2,(H,22,24)/t16-/m0/s1. The van der Waals surface area contributed by atoms with E-state index in [0.29, 0.717) is 6.54 Å². The number of hydrogen-bond donors (Lipinski definition) is 1. The Bertz CT molecular complexity index is 785. The lowest BCUT2D eigenvalue weighted by molar-refractivity contribution is -0.127. The third kappa shape index (κ3) is 3.47. The maximum Gasteiger partial charge on any atom is 0.292 e. The fraction of sp³-hybridized carbons (Fsp3) is 0.450. The molecule has 1 saturated carbocycles. The van der Waals surface area contributed by atoms with E-state index in [2.05, 4.69) is 10.3 Å². The second-order valence-electron chi connectivity index (χ2n) is 7.02. The van der Waals surface area contributed by atoms with E-state index >= 15 is 0 Å². The second-order valence-corrected chi connectivity index (χ2v) is 7.02. The first kappa shape index (κ1) is 17.7. The SMILES string of the molecule is O=C(NCc1ccccn1)[C@@H]1COC2(CCCCC2)N1C(=O)c1ccco1. The molecule has 2 aliphatic rings. The molecule has 142 valence electrons. The Morgan fingerprint density at radius 1 is 1.19 bits per heavy atom. The molecule has 1 saturated heterocycles. The zero-order valence-electron chi connectivity index (χ0n) is 15.1. The second kappa shape index (κ2) is 7.52. The summed E-state index contributed by atoms with van der Waals surface area (Å²) in [4.78, 5) is 31.8. The first-order valence-corrected chi connectivity index (χ1v) is 9.38. The van der Waals surface area contributed by atoms with Crippen molar-refractivity contribution in [3.05, 3.63) is 54.2 Å². The summed E-state index contributed by atoms with van der Waals surface area (Å²) in [5, 5.41) is 2.89. The van der Waals surface area contributed by atoms with Gasteiger partial charge < -0.3 is 14.5 Å². The third-order valence-corrected chi connectivity index (χ3v) is 5.32. The molecule has 4 rings (SSSR count). The van der Waals surface area contributed by atoms with Crippen LogP contribution in [0.2, 0.25) is 0 Å². The van der Waals surface area contributed by atoms with Crippen molar-refractivity contribution in [2.75, 3.05) is 6.61 Å². The van der Waals surface area contributed by atoms with E-state index in [-0.39, 0.29) is 24.2 Å². The highest BCUT2D eigenvalue weighted by Crippen LogP contribution is 2.41. The highest BCUT2D eigenvalue weighted by Gasteiger charge is 2.53. The van der Waals surface area contributed by atoms with Gasteiger partial charge in [0, 0.05) is 6.20 Å². The lowest BCUT2D eigenvalue weighted by Crippen LogP contribution is -2.56. The number of pyridine rings is 1. The van der Waals surface area contributed by atoms with Crippen LogP contribution >= 0.6 is 0 Å². The molecule has 0 bridgehead atoms. The average molecular weight is 369 g/mol. The minimum Gasteiger partial charge on any atom is -0.459 e. The summed E-state index contributed by atoms with van der Waals surface area (Å²) in [5.41, 5.74) is 0.0517. The smallest absolute Gasteiger partial charge is 0.292 e. The molecule has 7 nitrogen and oxygen atoms in total. The maximum atomic E-state index is 13.1. The predicted molar refractivity (Wildman–Crippen MR) is 96.5 cm³/mol. The molecular formula is C20H23N3O4. The lowest BCUT2D eigenvalue weighted by Gasteiger charge is -2.41. The fourth-order valence-corrected chi connectivity index (χ4v) is 3.99. The highest BCUT2D eigenvalue weighted by atomic mass is 16.5. The summed E-state index contributed by atoms with van der Waals surface area (Å²) in [6.45, 7) is 0.506. The van der Waals surface area contributed by atoms with Gasteiger partial charge >= 0.3 is 0 Å². The van der Waals surface area contributed by atoms with E-state index in [1.807, 2.05) is 18.2 Å². The number of amides is 2. The van der Waals surface area contributed by atoms with Gasteiger partial charge in [0.15, 0.2) is 5.76 Å². The van der Waals surface area contributed by atoms with Crippen molar-refractivity contribution in [1.29, 1.82) is 0 Å². The van der Waals surface area contributed by atoms with Crippen molar-refractivity contribution in [3.8, 4) is 0 Å². The molecule has 7 heteroatoms. The van der Waals surface area contributed by atoms with Crippen molar-refractivity contribution in [2.24, 2.45) is 0 Å². The first-order chi connectivity index (χ1) is 13.2. The largest absolute Gasteiger partial charge is 0.459 e. The van der Waals surface area contributed by atoms with Crippen LogP contribution in [0.15, 0.2) is 47.2 Å². The molecule has 1 atom stereocenters. The van der Waals surface area contributed by atoms with Gasteiger partial charge in [-0.1, -0.05) is 12.5 Å². The summed E-state index contributed by atoms with van der Waals surface area (Å²) in [7, 11) is 0. The fourth-order valence-electron chi connectivity index (χ4n) is 3.99. The number of ether oxygens (including phenoxy) is 1. The number of furan rings is 1. The molecule has 2 aromatic rings. The number of carbonyl (C=O) groups is 2. The summed E-state index contributed by atoms with van der Waals surface area (Å²) in [5.74, 6) is -0.298. The number of nitrogens with zero attached hydrogens (tertiary/aromatic N) is 2. The molecule has 3 heterocycles. The van der Waals surface area contributed by atoms with Crippen LogP contribution in [0.1, 0.15) is 48.4 Å². The zero-order valence-corrected chi connectivity index (χ0v) is 15.1. The Labute approximate surface area is 157 Å². The van der Waals surface area contributed by atoms with Crippen LogP contribution < -0.4 is 5.32 Å². The molecule has 2 aromatic heterocycles. The summed E-state index contributed by atoms with van der Waals surface area (Å²) >= 11 is 0. The van der Waals surface area contributed by atoms with E-state index in [0.717, 1.165) is 37.8 Å². The van der Waals surface area contributed by atoms with Crippen LogP contribution in [0.25, 0.3) is 0 Å². The van der Waals surface area contributed by atoms with Gasteiger partial charge in [-0.3, -0.25) is 19.5 Å². The monoisotopic (exact) mass is 369 g/mol. The Kier molecular flexibility index (Phi) is 4.94. The van der Waals surface area contributed by atoms with E-state index in [1.165, 1.54) is 6.26 Å². The van der Waals surface area contributed by atoms with Gasteiger partial charge in [0.05, 0.1) is 25.1 Å². The summed E-state index contributed by atoms with van der Waals surface area (Å²) in [6.07, 6.45) is 7.70. The first-order valence-electron chi connectivity index (χ1n) is 9.38. The minimum absolute atomic E-state index is 0.195. The average Bonchev–Trinajstić information content (AvgIpc) is 3.36. The van der Waals surface area contributed by atoms with Gasteiger partial charge in [-0.15, -0.1) is 0 Å². The van der Waals surface area contributed by atoms with Crippen LogP contribution in [0.3, 0.4) is 0 Å². The number of carbonyl (C=O) groups excluding carboxylic acids is 2. The molecule has 0 unspecified atom stereocenters. The van der Waals surface area contributed by atoms with Crippen LogP contribution in [0.4, 0.5) is 0 Å². The van der Waals surface area contributed by atoms with Crippen LogP contribution in [0.5, 0.6) is 0 Å². The Balaban J connectivity index is 1.54. The van der Waals surface area contributed by atoms with Crippen LogP contribution in [-0.2, 0) is 16.1 Å². The molecule has 1 spiro atoms. The molecule has 0 aromatic carbocycles. The molecular weight excluding hydrogens is 346 g/mol. The van der Waals surface area contributed by atoms with E-state index in [4.69, 9.17) is 9.15 Å². The molecule has 0 radical (unpaired) electrons. The zero-order chi connectivity index (χ0) is 18.7. The summed E-state index contributed by atoms with van der Waals surface area (Å²) in [6, 6.07) is 8.17. The van der Waals surface area contributed by atoms with Crippen LogP contribution in [0, 0.1) is 0 Å². The van der Waals surface area contributed by atoms with Gasteiger partial charge in [0.2, 0.25) is 5.91 Å². The number of aromatic nitrogens is 1. The topological polar surface area (TPSA) is 84.7 Å². The molecule has 27 heavy (non-hydrogen) atoms. The predicted octanol–water partition coefficient (Wildman–Crippen LogP) is 2.49. The van der Waals surface area contributed by atoms with Gasteiger partial charge in [0.25, 0.3) is 5.91 Å². The Hall–Kier alpha value is -2.67. The van der Waals surface area contributed by atoms with Gasteiger partial charge in [0.1, 0.15) is 11.8 Å². The Morgan fingerprint density at radius 2 is 2.04 bits per heavy atom. The quantitative estimate of drug-likeness (QED) is 0.895. The highest BCUT2D eigenvalue weighted by molar-refractivity contribution is 5.96. The minimum atomic E-state index is -0.713. The molecule has 1 aliphatic heterocycles. The number of hydrogen-bond acceptors (Lipinski definition) is 5. The Morgan fingerprint density at radius 3 is 2.74 bits per heavy atom. The number of nitrogens with one attached hydrogen (secondary N) is 1. The van der Waals surface area contributed by atoms with Gasteiger partial charge in [-0.25, -0.2) is 0 Å². The molecule has 2 amide bonds. The lowest BCUT2D eigenvalue weighted by atomic mass is 9.90. The van der Waals surface area contributed by atoms with E-state index in [9.17, 15) is 9.59 Å². The molecule has 1 N–H and O–H groups in total. The van der Waals surface area contributed by atoms with E-state index < -0.39 is 11.8 Å². The van der Waals surface area contributed by atoms with Crippen LogP contribution in [-0.4, -0.2) is 40.1 Å². The van der Waals surface area contributed by atoms with Crippen molar-refractivity contribution < 1.29 is 18.7 Å². The van der Waals surface area contributed by atoms with E-state index in [1.54, 1.807) is 23.2 Å².